The molecule has 0 aliphatic carbocycles. The van der Waals surface area contributed by atoms with Crippen LogP contribution >= 0.6 is 0 Å². The molecular formula is C22H21NO4. The molecule has 0 saturated carbocycles. The summed E-state index contributed by atoms with van der Waals surface area (Å²) in [6, 6.07) is 24.2. The topological polar surface area (TPSA) is 56.8 Å². The van der Waals surface area contributed by atoms with Gasteiger partial charge in [0.25, 0.3) is 5.91 Å². The Bertz CT molecular complexity index is 863. The first kappa shape index (κ1) is 18.3. The van der Waals surface area contributed by atoms with Gasteiger partial charge >= 0.3 is 0 Å². The van der Waals surface area contributed by atoms with Crippen molar-refractivity contribution in [2.24, 2.45) is 0 Å². The van der Waals surface area contributed by atoms with Gasteiger partial charge in [-0.3, -0.25) is 4.79 Å². The molecule has 0 aliphatic rings. The summed E-state index contributed by atoms with van der Waals surface area (Å²) in [5.74, 6) is 1.68. The quantitative estimate of drug-likeness (QED) is 0.649. The fraction of sp³-hybridized carbons (Fsp3) is 0.136. The van der Waals surface area contributed by atoms with E-state index in [1.807, 2.05) is 48.5 Å². The van der Waals surface area contributed by atoms with Crippen molar-refractivity contribution in [3.8, 4) is 17.2 Å². The normalized spacial score (nSPS) is 10.1. The number of ether oxygens (including phenoxy) is 3. The third-order valence-corrected chi connectivity index (χ3v) is 3.83. The first-order valence-electron chi connectivity index (χ1n) is 8.57. The third-order valence-electron chi connectivity index (χ3n) is 3.83. The molecule has 27 heavy (non-hydrogen) atoms. The molecule has 5 nitrogen and oxygen atoms in total. The molecule has 138 valence electrons. The van der Waals surface area contributed by atoms with E-state index in [4.69, 9.17) is 14.2 Å². The van der Waals surface area contributed by atoms with Crippen molar-refractivity contribution in [3.63, 3.8) is 0 Å². The van der Waals surface area contributed by atoms with Crippen molar-refractivity contribution in [3.05, 3.63) is 84.4 Å². The Balaban J connectivity index is 1.55. The molecule has 0 heterocycles. The molecule has 1 amide bonds. The van der Waals surface area contributed by atoms with Gasteiger partial charge in [-0.2, -0.15) is 0 Å². The molecule has 1 N–H and O–H groups in total. The summed E-state index contributed by atoms with van der Waals surface area (Å²) in [7, 11) is 1.60. The van der Waals surface area contributed by atoms with Crippen LogP contribution in [0.25, 0.3) is 0 Å². The lowest BCUT2D eigenvalue weighted by molar-refractivity contribution is -0.118. The van der Waals surface area contributed by atoms with E-state index >= 15 is 0 Å². The van der Waals surface area contributed by atoms with Gasteiger partial charge in [-0.05, 0) is 42.0 Å². The van der Waals surface area contributed by atoms with E-state index in [1.54, 1.807) is 37.4 Å². The van der Waals surface area contributed by atoms with Gasteiger partial charge in [0.15, 0.2) is 6.61 Å². The molecule has 0 aliphatic heterocycles. The summed E-state index contributed by atoms with van der Waals surface area (Å²) >= 11 is 0. The highest BCUT2D eigenvalue weighted by atomic mass is 16.5. The van der Waals surface area contributed by atoms with Crippen LogP contribution in [-0.4, -0.2) is 19.6 Å². The Labute approximate surface area is 158 Å². The highest BCUT2D eigenvalue weighted by Gasteiger charge is 2.09. The van der Waals surface area contributed by atoms with Gasteiger partial charge in [0.05, 0.1) is 12.8 Å². The minimum absolute atomic E-state index is 0.0979. The van der Waals surface area contributed by atoms with Crippen molar-refractivity contribution in [1.82, 2.24) is 0 Å². The molecular weight excluding hydrogens is 342 g/mol. The second kappa shape index (κ2) is 9.29. The largest absolute Gasteiger partial charge is 0.497 e. The Morgan fingerprint density at radius 3 is 2.22 bits per heavy atom. The number of carbonyl (C=O) groups excluding carboxylic acids is 1. The van der Waals surface area contributed by atoms with Crippen molar-refractivity contribution in [1.29, 1.82) is 0 Å². The van der Waals surface area contributed by atoms with Gasteiger partial charge in [-0.15, -0.1) is 0 Å². The van der Waals surface area contributed by atoms with Crippen LogP contribution in [0.1, 0.15) is 5.56 Å². The van der Waals surface area contributed by atoms with E-state index in [9.17, 15) is 4.79 Å². The van der Waals surface area contributed by atoms with Crippen molar-refractivity contribution < 1.29 is 19.0 Å². The number of para-hydroxylation sites is 2. The van der Waals surface area contributed by atoms with E-state index in [-0.39, 0.29) is 12.5 Å². The van der Waals surface area contributed by atoms with Crippen LogP contribution in [0.4, 0.5) is 5.69 Å². The van der Waals surface area contributed by atoms with Gasteiger partial charge in [0, 0.05) is 0 Å². The lowest BCUT2D eigenvalue weighted by Gasteiger charge is -2.13. The van der Waals surface area contributed by atoms with Crippen LogP contribution in [0, 0.1) is 0 Å². The zero-order valence-electron chi connectivity index (χ0n) is 15.1. The fourth-order valence-corrected chi connectivity index (χ4v) is 2.44. The summed E-state index contributed by atoms with van der Waals surface area (Å²) in [4.78, 5) is 12.2. The van der Waals surface area contributed by atoms with E-state index in [0.717, 1.165) is 11.3 Å². The summed E-state index contributed by atoms with van der Waals surface area (Å²) in [5.41, 5.74) is 1.67. The van der Waals surface area contributed by atoms with E-state index in [0.29, 0.717) is 23.8 Å². The maximum Gasteiger partial charge on any atom is 0.262 e. The summed E-state index contributed by atoms with van der Waals surface area (Å²) < 4.78 is 16.4. The maximum absolute atomic E-state index is 12.2. The standard InChI is InChI=1S/C22H21NO4/c1-25-18-11-13-19(14-12-18)26-16-22(24)23-20-9-5-6-10-21(20)27-15-17-7-3-2-4-8-17/h2-14H,15-16H2,1H3,(H,23,24). The molecule has 0 bridgehead atoms. The second-order valence-electron chi connectivity index (χ2n) is 5.78. The van der Waals surface area contributed by atoms with Crippen LogP contribution in [0.15, 0.2) is 78.9 Å². The highest BCUT2D eigenvalue weighted by Crippen LogP contribution is 2.25. The Morgan fingerprint density at radius 1 is 0.815 bits per heavy atom. The van der Waals surface area contributed by atoms with E-state index < -0.39 is 0 Å². The molecule has 3 rings (SSSR count). The van der Waals surface area contributed by atoms with Gasteiger partial charge in [-0.25, -0.2) is 0 Å². The van der Waals surface area contributed by atoms with Gasteiger partial charge in [-0.1, -0.05) is 42.5 Å². The van der Waals surface area contributed by atoms with Gasteiger partial charge in [0.1, 0.15) is 23.9 Å². The minimum Gasteiger partial charge on any atom is -0.497 e. The minimum atomic E-state index is -0.262. The summed E-state index contributed by atoms with van der Waals surface area (Å²) in [6.45, 7) is 0.329. The predicted molar refractivity (Wildman–Crippen MR) is 104 cm³/mol. The lowest BCUT2D eigenvalue weighted by atomic mass is 10.2. The van der Waals surface area contributed by atoms with Crippen LogP contribution in [0.2, 0.25) is 0 Å². The maximum atomic E-state index is 12.2. The molecule has 3 aromatic rings. The average Bonchev–Trinajstić information content (AvgIpc) is 2.73. The van der Waals surface area contributed by atoms with Crippen LogP contribution < -0.4 is 19.5 Å². The van der Waals surface area contributed by atoms with Crippen molar-refractivity contribution in [2.75, 3.05) is 19.0 Å². The Morgan fingerprint density at radius 2 is 1.48 bits per heavy atom. The van der Waals surface area contributed by atoms with Crippen LogP contribution in [0.5, 0.6) is 17.2 Å². The number of hydrogen-bond acceptors (Lipinski definition) is 4. The first-order chi connectivity index (χ1) is 13.2. The summed E-state index contributed by atoms with van der Waals surface area (Å²) in [6.07, 6.45) is 0. The number of benzene rings is 3. The number of amides is 1. The number of carbonyl (C=O) groups is 1. The summed E-state index contributed by atoms with van der Waals surface area (Å²) in [5, 5.41) is 2.83. The van der Waals surface area contributed by atoms with Crippen LogP contribution in [0.3, 0.4) is 0 Å². The van der Waals surface area contributed by atoms with Crippen molar-refractivity contribution in [2.45, 2.75) is 6.61 Å². The zero-order chi connectivity index (χ0) is 18.9. The Kier molecular flexibility index (Phi) is 6.30. The fourth-order valence-electron chi connectivity index (χ4n) is 2.44. The Hall–Kier alpha value is -3.47. The molecule has 0 fully saturated rings. The monoisotopic (exact) mass is 363 g/mol. The van der Waals surface area contributed by atoms with Gasteiger partial charge < -0.3 is 19.5 Å². The number of anilines is 1. The second-order valence-corrected chi connectivity index (χ2v) is 5.78. The number of rotatable bonds is 8. The SMILES string of the molecule is COc1ccc(OCC(=O)Nc2ccccc2OCc2ccccc2)cc1. The molecule has 5 heteroatoms. The van der Waals surface area contributed by atoms with Gasteiger partial charge in [0.2, 0.25) is 0 Å². The van der Waals surface area contributed by atoms with E-state index in [2.05, 4.69) is 5.32 Å². The molecule has 0 saturated heterocycles. The zero-order valence-corrected chi connectivity index (χ0v) is 15.1. The number of methoxy groups -OCH3 is 1. The molecule has 0 atom stereocenters. The molecule has 0 aromatic heterocycles. The number of nitrogens with one attached hydrogen (secondary N) is 1. The predicted octanol–water partition coefficient (Wildman–Crippen LogP) is 4.29. The molecule has 0 unspecified atom stereocenters. The van der Waals surface area contributed by atoms with Crippen LogP contribution in [-0.2, 0) is 11.4 Å². The lowest BCUT2D eigenvalue weighted by Crippen LogP contribution is -2.20. The smallest absolute Gasteiger partial charge is 0.262 e. The first-order valence-corrected chi connectivity index (χ1v) is 8.57. The molecule has 0 radical (unpaired) electrons. The van der Waals surface area contributed by atoms with Crippen molar-refractivity contribution >= 4 is 11.6 Å². The number of hydrogen-bond donors (Lipinski definition) is 1. The highest BCUT2D eigenvalue weighted by molar-refractivity contribution is 5.93. The van der Waals surface area contributed by atoms with E-state index in [1.165, 1.54) is 0 Å². The molecule has 0 spiro atoms. The third kappa shape index (κ3) is 5.51. The average molecular weight is 363 g/mol. The molecule has 3 aromatic carbocycles.